The van der Waals surface area contributed by atoms with Gasteiger partial charge in [-0.2, -0.15) is 5.10 Å². The highest BCUT2D eigenvalue weighted by Crippen LogP contribution is 2.29. The maximum Gasteiger partial charge on any atom is 0.255 e. The van der Waals surface area contributed by atoms with Crippen molar-refractivity contribution in [3.63, 3.8) is 0 Å². The van der Waals surface area contributed by atoms with Crippen LogP contribution in [0.4, 0.5) is 15.8 Å². The van der Waals surface area contributed by atoms with Crippen molar-refractivity contribution < 1.29 is 9.18 Å². The van der Waals surface area contributed by atoms with Crippen LogP contribution in [-0.4, -0.2) is 33.8 Å². The molecule has 0 bridgehead atoms. The van der Waals surface area contributed by atoms with Crippen molar-refractivity contribution in [1.29, 1.82) is 0 Å². The fraction of sp³-hybridized carbons (Fsp3) is 0.348. The SMILES string of the molecule is CN(c1ccc(NC(=O)c2ccc(Cn3cncn3)cc2)cc1F)C1CCCCC1. The van der Waals surface area contributed by atoms with Crippen molar-refractivity contribution in [1.82, 2.24) is 14.8 Å². The topological polar surface area (TPSA) is 63.1 Å². The molecule has 0 radical (unpaired) electrons. The summed E-state index contributed by atoms with van der Waals surface area (Å²) in [6.45, 7) is 0.586. The monoisotopic (exact) mass is 407 g/mol. The number of carbonyl (C=O) groups excluding carboxylic acids is 1. The van der Waals surface area contributed by atoms with Crippen molar-refractivity contribution >= 4 is 17.3 Å². The zero-order valence-corrected chi connectivity index (χ0v) is 17.1. The first kappa shape index (κ1) is 20.1. The number of halogens is 1. The molecule has 0 saturated heterocycles. The average Bonchev–Trinajstić information content (AvgIpc) is 3.27. The van der Waals surface area contributed by atoms with Crippen LogP contribution in [0.5, 0.6) is 0 Å². The molecule has 0 aliphatic heterocycles. The summed E-state index contributed by atoms with van der Waals surface area (Å²) in [4.78, 5) is 18.5. The Morgan fingerprint density at radius 2 is 1.93 bits per heavy atom. The second-order valence-corrected chi connectivity index (χ2v) is 7.81. The first-order chi connectivity index (χ1) is 14.6. The van der Waals surface area contributed by atoms with E-state index in [9.17, 15) is 9.18 Å². The number of hydrogen-bond donors (Lipinski definition) is 1. The van der Waals surface area contributed by atoms with Gasteiger partial charge in [-0.3, -0.25) is 4.79 Å². The number of anilines is 2. The summed E-state index contributed by atoms with van der Waals surface area (Å²) in [5, 5.41) is 6.85. The summed E-state index contributed by atoms with van der Waals surface area (Å²) in [6.07, 6.45) is 8.98. The molecular weight excluding hydrogens is 381 g/mol. The molecule has 0 atom stereocenters. The minimum atomic E-state index is -0.316. The number of nitrogens with one attached hydrogen (secondary N) is 1. The van der Waals surface area contributed by atoms with Gasteiger partial charge in [0.25, 0.3) is 5.91 Å². The van der Waals surface area contributed by atoms with Crippen molar-refractivity contribution in [3.05, 3.63) is 72.1 Å². The van der Waals surface area contributed by atoms with Gasteiger partial charge in [-0.25, -0.2) is 14.1 Å². The van der Waals surface area contributed by atoms with Gasteiger partial charge in [-0.05, 0) is 48.7 Å². The normalized spacial score (nSPS) is 14.5. The lowest BCUT2D eigenvalue weighted by atomic mass is 9.94. The van der Waals surface area contributed by atoms with Gasteiger partial charge >= 0.3 is 0 Å². The third-order valence-corrected chi connectivity index (χ3v) is 5.74. The Balaban J connectivity index is 1.39. The van der Waals surface area contributed by atoms with Crippen LogP contribution in [0.3, 0.4) is 0 Å². The van der Waals surface area contributed by atoms with Crippen molar-refractivity contribution in [2.75, 3.05) is 17.3 Å². The predicted molar refractivity (Wildman–Crippen MR) is 115 cm³/mol. The summed E-state index contributed by atoms with van der Waals surface area (Å²) < 4.78 is 16.4. The van der Waals surface area contributed by atoms with E-state index < -0.39 is 0 Å². The van der Waals surface area contributed by atoms with Gasteiger partial charge in [-0.15, -0.1) is 0 Å². The van der Waals surface area contributed by atoms with E-state index in [1.165, 1.54) is 31.7 Å². The molecule has 1 heterocycles. The molecule has 0 spiro atoms. The van der Waals surface area contributed by atoms with Gasteiger partial charge in [0.15, 0.2) is 0 Å². The first-order valence-corrected chi connectivity index (χ1v) is 10.4. The number of benzene rings is 2. The molecular formula is C23H26FN5O. The first-order valence-electron chi connectivity index (χ1n) is 10.4. The largest absolute Gasteiger partial charge is 0.369 e. The van der Waals surface area contributed by atoms with E-state index in [4.69, 9.17) is 0 Å². The summed E-state index contributed by atoms with van der Waals surface area (Å²) >= 11 is 0. The fourth-order valence-electron chi connectivity index (χ4n) is 4.00. The molecule has 30 heavy (non-hydrogen) atoms. The Morgan fingerprint density at radius 3 is 2.60 bits per heavy atom. The van der Waals surface area contributed by atoms with Crippen LogP contribution in [0.1, 0.15) is 48.0 Å². The molecule has 7 heteroatoms. The van der Waals surface area contributed by atoms with Crippen LogP contribution in [0.2, 0.25) is 0 Å². The number of amides is 1. The molecule has 4 rings (SSSR count). The standard InChI is InChI=1S/C23H26FN5O/c1-28(20-5-3-2-4-6-20)22-12-11-19(13-21(22)24)27-23(30)18-9-7-17(8-10-18)14-29-16-25-15-26-29/h7-13,15-16,20H,2-6,14H2,1H3,(H,27,30). The van der Waals surface area contributed by atoms with Crippen LogP contribution < -0.4 is 10.2 Å². The lowest BCUT2D eigenvalue weighted by Gasteiger charge is -2.33. The van der Waals surface area contributed by atoms with Gasteiger partial charge in [-0.1, -0.05) is 31.4 Å². The smallest absolute Gasteiger partial charge is 0.255 e. The van der Waals surface area contributed by atoms with Gasteiger partial charge < -0.3 is 10.2 Å². The van der Waals surface area contributed by atoms with Crippen LogP contribution in [0.15, 0.2) is 55.1 Å². The van der Waals surface area contributed by atoms with E-state index in [-0.39, 0.29) is 11.7 Å². The average molecular weight is 407 g/mol. The zero-order chi connectivity index (χ0) is 20.9. The van der Waals surface area contributed by atoms with Gasteiger partial charge in [0.2, 0.25) is 0 Å². The van der Waals surface area contributed by atoms with Crippen LogP contribution in [-0.2, 0) is 6.54 Å². The Hall–Kier alpha value is -3.22. The Morgan fingerprint density at radius 1 is 1.17 bits per heavy atom. The minimum absolute atomic E-state index is 0.268. The molecule has 2 aromatic carbocycles. The third-order valence-electron chi connectivity index (χ3n) is 5.74. The Bertz CT molecular complexity index is 981. The molecule has 1 aromatic heterocycles. The highest BCUT2D eigenvalue weighted by Gasteiger charge is 2.20. The van der Waals surface area contributed by atoms with Gasteiger partial charge in [0.1, 0.15) is 18.5 Å². The number of nitrogens with zero attached hydrogens (tertiary/aromatic N) is 4. The molecule has 6 nitrogen and oxygen atoms in total. The number of rotatable bonds is 6. The summed E-state index contributed by atoms with van der Waals surface area (Å²) in [5.74, 6) is -0.584. The lowest BCUT2D eigenvalue weighted by molar-refractivity contribution is 0.102. The molecule has 1 aliphatic rings. The molecule has 1 fully saturated rings. The Labute approximate surface area is 175 Å². The fourth-order valence-corrected chi connectivity index (χ4v) is 4.00. The van der Waals surface area contributed by atoms with E-state index in [2.05, 4.69) is 15.4 Å². The Kier molecular flexibility index (Phi) is 6.07. The van der Waals surface area contributed by atoms with E-state index in [0.29, 0.717) is 29.5 Å². The maximum atomic E-state index is 14.7. The quantitative estimate of drug-likeness (QED) is 0.654. The van der Waals surface area contributed by atoms with Crippen LogP contribution >= 0.6 is 0 Å². The minimum Gasteiger partial charge on any atom is -0.369 e. The molecule has 3 aromatic rings. The van der Waals surface area contributed by atoms with Gasteiger partial charge in [0.05, 0.1) is 12.2 Å². The second-order valence-electron chi connectivity index (χ2n) is 7.81. The molecule has 1 saturated carbocycles. The van der Waals surface area contributed by atoms with Crippen molar-refractivity contribution in [3.8, 4) is 0 Å². The number of carbonyl (C=O) groups is 1. The van der Waals surface area contributed by atoms with E-state index in [1.54, 1.807) is 35.3 Å². The molecule has 0 unspecified atom stereocenters. The summed E-state index contributed by atoms with van der Waals surface area (Å²) in [7, 11) is 1.95. The van der Waals surface area contributed by atoms with Crippen LogP contribution in [0.25, 0.3) is 0 Å². The van der Waals surface area contributed by atoms with E-state index in [0.717, 1.165) is 18.4 Å². The molecule has 1 amide bonds. The summed E-state index contributed by atoms with van der Waals surface area (Å²) in [6, 6.07) is 12.5. The summed E-state index contributed by atoms with van der Waals surface area (Å²) in [5.41, 5.74) is 2.56. The lowest BCUT2D eigenvalue weighted by Crippen LogP contribution is -2.33. The molecule has 1 N–H and O–H groups in total. The number of aromatic nitrogens is 3. The van der Waals surface area contributed by atoms with Crippen molar-refractivity contribution in [2.24, 2.45) is 0 Å². The van der Waals surface area contributed by atoms with Crippen molar-refractivity contribution in [2.45, 2.75) is 44.7 Å². The molecule has 1 aliphatic carbocycles. The maximum absolute atomic E-state index is 14.7. The number of hydrogen-bond acceptors (Lipinski definition) is 4. The molecule has 156 valence electrons. The van der Waals surface area contributed by atoms with E-state index >= 15 is 0 Å². The van der Waals surface area contributed by atoms with Crippen LogP contribution in [0, 0.1) is 5.82 Å². The predicted octanol–water partition coefficient (Wildman–Crippen LogP) is 4.49. The highest BCUT2D eigenvalue weighted by molar-refractivity contribution is 6.04. The zero-order valence-electron chi connectivity index (χ0n) is 17.1. The third kappa shape index (κ3) is 4.67. The second kappa shape index (κ2) is 9.07. The van der Waals surface area contributed by atoms with Gasteiger partial charge in [0, 0.05) is 24.3 Å². The van der Waals surface area contributed by atoms with E-state index in [1.807, 2.05) is 24.1 Å². The highest BCUT2D eigenvalue weighted by atomic mass is 19.1.